The molecule has 1 aliphatic rings. The molecule has 5 heteroatoms. The second kappa shape index (κ2) is 12.6. The van der Waals surface area contributed by atoms with Gasteiger partial charge in [-0.05, 0) is 36.6 Å². The summed E-state index contributed by atoms with van der Waals surface area (Å²) in [5.41, 5.74) is 9.31. The number of rotatable bonds is 0. The summed E-state index contributed by atoms with van der Waals surface area (Å²) in [5, 5.41) is 9.39. The molecule has 0 unspecified atom stereocenters. The van der Waals surface area contributed by atoms with Gasteiger partial charge in [0, 0.05) is 10.9 Å². The standard InChI is InChI=1S/C9H11NO.C7H7Br.C2H4O.CH2O/c10-9-7-4-2-1-3-6(7)5-8(9)11;1-6-4-2-3-5-7(6)8;1-2-3;1-2/h1-4,8-9,11H,5,10H2;2-5H,1H3;2H,1H3;1H2/t8-,9+;;;/m1.../s1. The SMILES string of the molecule is C=O.CC=O.Cc1ccccc1Br.N[C@H]1c2ccccc2C[C@H]1O. The summed E-state index contributed by atoms with van der Waals surface area (Å²) in [6.07, 6.45) is 1.07. The highest BCUT2D eigenvalue weighted by molar-refractivity contribution is 9.10. The van der Waals surface area contributed by atoms with Crippen LogP contribution in [-0.4, -0.2) is 24.3 Å². The first-order chi connectivity index (χ1) is 11.5. The maximum absolute atomic E-state index is 9.39. The summed E-state index contributed by atoms with van der Waals surface area (Å²) in [4.78, 5) is 16.8. The number of carbonyl (C=O) groups is 2. The topological polar surface area (TPSA) is 80.4 Å². The minimum atomic E-state index is -0.382. The van der Waals surface area contributed by atoms with E-state index in [2.05, 4.69) is 28.9 Å². The number of aldehydes is 1. The third kappa shape index (κ3) is 7.17. The van der Waals surface area contributed by atoms with Gasteiger partial charge in [0.25, 0.3) is 0 Å². The van der Waals surface area contributed by atoms with E-state index in [0.29, 0.717) is 6.42 Å². The minimum absolute atomic E-state index is 0.175. The quantitative estimate of drug-likeness (QED) is 0.672. The molecule has 2 aromatic carbocycles. The van der Waals surface area contributed by atoms with Crippen LogP contribution in [0.25, 0.3) is 0 Å². The van der Waals surface area contributed by atoms with Gasteiger partial charge < -0.3 is 20.4 Å². The maximum atomic E-state index is 9.39. The zero-order valence-corrected chi connectivity index (χ0v) is 15.6. The molecule has 0 aliphatic heterocycles. The van der Waals surface area contributed by atoms with E-state index in [9.17, 15) is 5.11 Å². The molecule has 2 aromatic rings. The number of aryl methyl sites for hydroxylation is 1. The predicted octanol–water partition coefficient (Wildman–Crippen LogP) is 3.38. The first-order valence-corrected chi connectivity index (χ1v) is 8.21. The number of hydrogen-bond donors (Lipinski definition) is 2. The highest BCUT2D eigenvalue weighted by Gasteiger charge is 2.26. The third-order valence-corrected chi connectivity index (χ3v) is 4.22. The molecular weight excluding hydrogens is 370 g/mol. The second-order valence-corrected chi connectivity index (χ2v) is 5.84. The van der Waals surface area contributed by atoms with E-state index in [0.717, 1.165) is 11.8 Å². The fourth-order valence-electron chi connectivity index (χ4n) is 2.16. The Morgan fingerprint density at radius 3 is 2.12 bits per heavy atom. The van der Waals surface area contributed by atoms with Gasteiger partial charge in [-0.2, -0.15) is 0 Å². The lowest BCUT2D eigenvalue weighted by Gasteiger charge is -2.07. The summed E-state index contributed by atoms with van der Waals surface area (Å²) < 4.78 is 1.18. The fourth-order valence-corrected chi connectivity index (χ4v) is 2.44. The van der Waals surface area contributed by atoms with Gasteiger partial charge in [-0.1, -0.05) is 58.4 Å². The van der Waals surface area contributed by atoms with Crippen LogP contribution in [0.4, 0.5) is 0 Å². The van der Waals surface area contributed by atoms with Crippen LogP contribution in [0.1, 0.15) is 29.7 Å². The average Bonchev–Trinajstić information content (AvgIpc) is 2.89. The summed E-state index contributed by atoms with van der Waals surface area (Å²) >= 11 is 3.40. The number of halogens is 1. The van der Waals surface area contributed by atoms with Gasteiger partial charge in [-0.15, -0.1) is 0 Å². The van der Waals surface area contributed by atoms with Crippen molar-refractivity contribution < 1.29 is 14.7 Å². The van der Waals surface area contributed by atoms with E-state index in [1.165, 1.54) is 22.5 Å². The van der Waals surface area contributed by atoms with Gasteiger partial charge >= 0.3 is 0 Å². The molecule has 0 fully saturated rings. The summed E-state index contributed by atoms with van der Waals surface area (Å²) in [6, 6.07) is 15.9. The smallest absolute Gasteiger partial charge is 0.116 e. The van der Waals surface area contributed by atoms with Crippen molar-refractivity contribution >= 4 is 29.0 Å². The maximum Gasteiger partial charge on any atom is 0.116 e. The van der Waals surface area contributed by atoms with E-state index in [-0.39, 0.29) is 12.1 Å². The molecule has 0 radical (unpaired) electrons. The highest BCUT2D eigenvalue weighted by atomic mass is 79.9. The van der Waals surface area contributed by atoms with E-state index in [4.69, 9.17) is 15.3 Å². The van der Waals surface area contributed by atoms with E-state index in [1.807, 2.05) is 49.3 Å². The number of aliphatic hydroxyl groups is 1. The molecule has 1 aliphatic carbocycles. The molecule has 3 N–H and O–H groups in total. The third-order valence-electron chi connectivity index (χ3n) is 3.33. The zero-order chi connectivity index (χ0) is 18.5. The van der Waals surface area contributed by atoms with Crippen molar-refractivity contribution in [2.75, 3.05) is 0 Å². The Balaban J connectivity index is 0.000000360. The molecule has 0 heterocycles. The summed E-state index contributed by atoms with van der Waals surface area (Å²) in [6.45, 7) is 5.52. The Kier molecular flexibility index (Phi) is 11.6. The number of aliphatic hydroxyl groups excluding tert-OH is 1. The van der Waals surface area contributed by atoms with E-state index in [1.54, 1.807) is 0 Å². The molecule has 3 rings (SSSR count). The van der Waals surface area contributed by atoms with Crippen molar-refractivity contribution in [3.05, 3.63) is 69.7 Å². The van der Waals surface area contributed by atoms with Gasteiger partial charge in [-0.3, -0.25) is 0 Å². The molecule has 2 atom stereocenters. The first kappa shape index (κ1) is 22.2. The normalized spacial score (nSPS) is 16.9. The minimum Gasteiger partial charge on any atom is -0.391 e. The average molecular weight is 394 g/mol. The van der Waals surface area contributed by atoms with Crippen molar-refractivity contribution in [3.63, 3.8) is 0 Å². The Morgan fingerprint density at radius 1 is 1.17 bits per heavy atom. The Morgan fingerprint density at radius 2 is 1.67 bits per heavy atom. The van der Waals surface area contributed by atoms with Gasteiger partial charge in [0.05, 0.1) is 12.1 Å². The van der Waals surface area contributed by atoms with Crippen molar-refractivity contribution in [2.45, 2.75) is 32.4 Å². The largest absolute Gasteiger partial charge is 0.391 e. The molecule has 0 saturated heterocycles. The molecule has 0 aromatic heterocycles. The number of benzene rings is 2. The molecule has 0 saturated carbocycles. The zero-order valence-electron chi connectivity index (χ0n) is 14.0. The Hall–Kier alpha value is -1.82. The lowest BCUT2D eigenvalue weighted by Crippen LogP contribution is -2.21. The van der Waals surface area contributed by atoms with Crippen LogP contribution in [0.3, 0.4) is 0 Å². The molecule has 0 bridgehead atoms. The Bertz CT molecular complexity index is 598. The predicted molar refractivity (Wildman–Crippen MR) is 101 cm³/mol. The number of nitrogens with two attached hydrogens (primary N) is 1. The van der Waals surface area contributed by atoms with Crippen LogP contribution in [0.5, 0.6) is 0 Å². The Labute approximate surface area is 151 Å². The van der Waals surface area contributed by atoms with Gasteiger partial charge in [-0.25, -0.2) is 0 Å². The van der Waals surface area contributed by atoms with Crippen molar-refractivity contribution in [1.82, 2.24) is 0 Å². The molecule has 24 heavy (non-hydrogen) atoms. The van der Waals surface area contributed by atoms with Crippen molar-refractivity contribution in [3.8, 4) is 0 Å². The van der Waals surface area contributed by atoms with Crippen LogP contribution in [0, 0.1) is 6.92 Å². The van der Waals surface area contributed by atoms with Crippen LogP contribution in [-0.2, 0) is 16.0 Å². The summed E-state index contributed by atoms with van der Waals surface area (Å²) in [5.74, 6) is 0. The number of fused-ring (bicyclic) bond motifs is 1. The monoisotopic (exact) mass is 393 g/mol. The molecule has 0 spiro atoms. The van der Waals surface area contributed by atoms with Crippen molar-refractivity contribution in [2.24, 2.45) is 5.73 Å². The lowest BCUT2D eigenvalue weighted by molar-refractivity contribution is -0.106. The van der Waals surface area contributed by atoms with Crippen LogP contribution >= 0.6 is 15.9 Å². The van der Waals surface area contributed by atoms with E-state index >= 15 is 0 Å². The molecule has 0 amide bonds. The number of hydrogen-bond acceptors (Lipinski definition) is 4. The second-order valence-electron chi connectivity index (χ2n) is 4.98. The summed E-state index contributed by atoms with van der Waals surface area (Å²) in [7, 11) is 0. The van der Waals surface area contributed by atoms with Crippen LogP contribution in [0.2, 0.25) is 0 Å². The first-order valence-electron chi connectivity index (χ1n) is 7.42. The van der Waals surface area contributed by atoms with Gasteiger partial charge in [0.2, 0.25) is 0 Å². The molecule has 4 nitrogen and oxygen atoms in total. The van der Waals surface area contributed by atoms with Crippen LogP contribution in [0.15, 0.2) is 53.0 Å². The molecule has 130 valence electrons. The number of carbonyl (C=O) groups excluding carboxylic acids is 2. The van der Waals surface area contributed by atoms with Gasteiger partial charge in [0.1, 0.15) is 13.1 Å². The lowest BCUT2D eigenvalue weighted by atomic mass is 10.1. The highest BCUT2D eigenvalue weighted by Crippen LogP contribution is 2.28. The van der Waals surface area contributed by atoms with E-state index < -0.39 is 0 Å². The fraction of sp³-hybridized carbons (Fsp3) is 0.263. The molecular formula is C19H24BrNO3. The van der Waals surface area contributed by atoms with Crippen LogP contribution < -0.4 is 5.73 Å². The van der Waals surface area contributed by atoms with Gasteiger partial charge in [0.15, 0.2) is 0 Å². The van der Waals surface area contributed by atoms with Crippen molar-refractivity contribution in [1.29, 1.82) is 0 Å².